The minimum atomic E-state index is -0.323. The second-order valence-electron chi connectivity index (χ2n) is 6.17. The van der Waals surface area contributed by atoms with Crippen molar-refractivity contribution < 1.29 is 14.3 Å². The fourth-order valence-electron chi connectivity index (χ4n) is 2.38. The number of ether oxygens (including phenoxy) is 1. The third kappa shape index (κ3) is 5.32. The molecule has 0 aliphatic rings. The van der Waals surface area contributed by atoms with Crippen LogP contribution < -0.4 is 15.4 Å². The van der Waals surface area contributed by atoms with E-state index >= 15 is 0 Å². The van der Waals surface area contributed by atoms with Crippen molar-refractivity contribution in [1.29, 1.82) is 0 Å². The summed E-state index contributed by atoms with van der Waals surface area (Å²) >= 11 is 0. The van der Waals surface area contributed by atoms with Gasteiger partial charge in [0.1, 0.15) is 5.56 Å². The predicted octanol–water partition coefficient (Wildman–Crippen LogP) is 1.36. The average Bonchev–Trinajstić information content (AvgIpc) is 3.00. The molecular weight excluding hydrogens is 334 g/mol. The van der Waals surface area contributed by atoms with Crippen molar-refractivity contribution in [2.75, 3.05) is 39.6 Å². The van der Waals surface area contributed by atoms with Crippen LogP contribution in [0.3, 0.4) is 0 Å². The summed E-state index contributed by atoms with van der Waals surface area (Å²) in [5, 5.41) is 9.70. The summed E-state index contributed by atoms with van der Waals surface area (Å²) in [5.74, 6) is -0.190. The van der Waals surface area contributed by atoms with Gasteiger partial charge in [-0.2, -0.15) is 0 Å². The zero-order valence-electron chi connectivity index (χ0n) is 15.6. The number of nitrogens with zero attached hydrogens (tertiary/aromatic N) is 3. The Labute approximate surface area is 153 Å². The van der Waals surface area contributed by atoms with Gasteiger partial charge in [0.15, 0.2) is 0 Å². The number of carbonyl (C=O) groups is 2. The summed E-state index contributed by atoms with van der Waals surface area (Å²) in [6, 6.07) is 6.74. The van der Waals surface area contributed by atoms with Crippen molar-refractivity contribution in [2.24, 2.45) is 7.05 Å². The van der Waals surface area contributed by atoms with Crippen LogP contribution in [0.4, 0.5) is 5.69 Å². The number of aryl methyl sites for hydroxylation is 1. The van der Waals surface area contributed by atoms with Gasteiger partial charge < -0.3 is 20.3 Å². The molecule has 0 atom stereocenters. The molecule has 26 heavy (non-hydrogen) atoms. The van der Waals surface area contributed by atoms with Crippen LogP contribution in [0, 0.1) is 0 Å². The lowest BCUT2D eigenvalue weighted by Crippen LogP contribution is -2.27. The Morgan fingerprint density at radius 1 is 1.19 bits per heavy atom. The minimum Gasteiger partial charge on any atom is -0.479 e. The van der Waals surface area contributed by atoms with Crippen LogP contribution in [0.25, 0.3) is 0 Å². The van der Waals surface area contributed by atoms with Gasteiger partial charge in [-0.3, -0.25) is 14.3 Å². The van der Waals surface area contributed by atoms with Crippen LogP contribution in [-0.2, 0) is 7.05 Å². The van der Waals surface area contributed by atoms with E-state index in [0.717, 1.165) is 13.0 Å². The van der Waals surface area contributed by atoms with Crippen LogP contribution in [0.1, 0.15) is 27.1 Å². The van der Waals surface area contributed by atoms with E-state index in [9.17, 15) is 9.59 Å². The first-order valence-electron chi connectivity index (χ1n) is 8.32. The van der Waals surface area contributed by atoms with Crippen molar-refractivity contribution in [2.45, 2.75) is 6.42 Å². The smallest absolute Gasteiger partial charge is 0.262 e. The summed E-state index contributed by atoms with van der Waals surface area (Å²) < 4.78 is 6.60. The molecule has 0 radical (unpaired) electrons. The number of aromatic nitrogens is 2. The molecule has 140 valence electrons. The molecule has 0 saturated carbocycles. The highest BCUT2D eigenvalue weighted by atomic mass is 16.5. The van der Waals surface area contributed by atoms with Gasteiger partial charge >= 0.3 is 0 Å². The lowest BCUT2D eigenvalue weighted by atomic mass is 10.2. The molecule has 0 aliphatic carbocycles. The van der Waals surface area contributed by atoms with E-state index in [1.54, 1.807) is 37.5 Å². The third-order valence-corrected chi connectivity index (χ3v) is 3.71. The van der Waals surface area contributed by atoms with Crippen molar-refractivity contribution in [1.82, 2.24) is 20.0 Å². The molecular formula is C18H25N5O3. The molecule has 0 unspecified atom stereocenters. The molecule has 0 saturated heterocycles. The highest BCUT2D eigenvalue weighted by Crippen LogP contribution is 2.17. The average molecular weight is 359 g/mol. The molecule has 2 rings (SSSR count). The number of carbonyl (C=O) groups excluding carboxylic acids is 2. The number of methoxy groups -OCH3 is 1. The Morgan fingerprint density at radius 3 is 2.50 bits per heavy atom. The highest BCUT2D eigenvalue weighted by Gasteiger charge is 2.16. The van der Waals surface area contributed by atoms with Crippen LogP contribution in [0.15, 0.2) is 30.5 Å². The maximum absolute atomic E-state index is 12.3. The van der Waals surface area contributed by atoms with Crippen molar-refractivity contribution in [3.63, 3.8) is 0 Å². The van der Waals surface area contributed by atoms with Gasteiger partial charge in [0.05, 0.1) is 7.11 Å². The first-order chi connectivity index (χ1) is 12.4. The second-order valence-corrected chi connectivity index (χ2v) is 6.17. The second kappa shape index (κ2) is 9.00. The molecule has 8 nitrogen and oxygen atoms in total. The zero-order valence-corrected chi connectivity index (χ0v) is 15.6. The van der Waals surface area contributed by atoms with Gasteiger partial charge in [-0.25, -0.2) is 0 Å². The van der Waals surface area contributed by atoms with E-state index in [2.05, 4.69) is 20.6 Å². The van der Waals surface area contributed by atoms with Crippen LogP contribution in [0.5, 0.6) is 5.88 Å². The number of nitrogens with one attached hydrogen (secondary N) is 2. The van der Waals surface area contributed by atoms with Crippen LogP contribution >= 0.6 is 0 Å². The number of amides is 2. The van der Waals surface area contributed by atoms with E-state index in [4.69, 9.17) is 4.74 Å². The van der Waals surface area contributed by atoms with Gasteiger partial charge in [0.2, 0.25) is 5.88 Å². The molecule has 0 aliphatic heterocycles. The number of benzene rings is 1. The predicted molar refractivity (Wildman–Crippen MR) is 99.7 cm³/mol. The quantitative estimate of drug-likeness (QED) is 0.695. The van der Waals surface area contributed by atoms with E-state index < -0.39 is 0 Å². The van der Waals surface area contributed by atoms with Crippen molar-refractivity contribution in [3.05, 3.63) is 41.6 Å². The Balaban J connectivity index is 1.92. The van der Waals surface area contributed by atoms with E-state index in [1.165, 1.54) is 11.8 Å². The summed E-state index contributed by atoms with van der Waals surface area (Å²) in [6.07, 6.45) is 2.48. The van der Waals surface area contributed by atoms with E-state index in [-0.39, 0.29) is 17.7 Å². The maximum Gasteiger partial charge on any atom is 0.262 e. The molecule has 1 heterocycles. The summed E-state index contributed by atoms with van der Waals surface area (Å²) in [6.45, 7) is 1.54. The van der Waals surface area contributed by atoms with Crippen molar-refractivity contribution >= 4 is 17.5 Å². The van der Waals surface area contributed by atoms with Gasteiger partial charge in [-0.15, -0.1) is 5.10 Å². The largest absolute Gasteiger partial charge is 0.479 e. The lowest BCUT2D eigenvalue weighted by Gasteiger charge is -2.10. The fourth-order valence-corrected chi connectivity index (χ4v) is 2.38. The molecule has 8 heteroatoms. The van der Waals surface area contributed by atoms with Gasteiger partial charge in [-0.1, -0.05) is 0 Å². The van der Waals surface area contributed by atoms with Crippen LogP contribution in [-0.4, -0.2) is 60.8 Å². The Hall–Kier alpha value is -2.87. The summed E-state index contributed by atoms with van der Waals surface area (Å²) in [4.78, 5) is 26.5. The Kier molecular flexibility index (Phi) is 6.74. The molecule has 1 aromatic carbocycles. The number of hydrogen-bond donors (Lipinski definition) is 2. The molecule has 1 aromatic heterocycles. The number of rotatable bonds is 8. The van der Waals surface area contributed by atoms with Crippen molar-refractivity contribution in [3.8, 4) is 5.88 Å². The van der Waals surface area contributed by atoms with Gasteiger partial charge in [-0.05, 0) is 51.3 Å². The standard InChI is InChI=1S/C18H25N5O3/c1-22(2)11-5-10-19-16(24)13-6-8-14(9-7-13)20-17(25)15-12-23(3)21-18(15)26-4/h6-9,12H,5,10-11H2,1-4H3,(H,19,24)(H,20,25). The zero-order chi connectivity index (χ0) is 19.1. The van der Waals surface area contributed by atoms with Crippen LogP contribution in [0.2, 0.25) is 0 Å². The van der Waals surface area contributed by atoms with E-state index in [1.807, 2.05) is 14.1 Å². The number of hydrogen-bond acceptors (Lipinski definition) is 5. The molecule has 0 spiro atoms. The first kappa shape index (κ1) is 19.5. The third-order valence-electron chi connectivity index (χ3n) is 3.71. The minimum absolute atomic E-state index is 0.129. The number of anilines is 1. The Bertz CT molecular complexity index is 753. The SMILES string of the molecule is COc1nn(C)cc1C(=O)Nc1ccc(C(=O)NCCCN(C)C)cc1. The Morgan fingerprint density at radius 2 is 1.88 bits per heavy atom. The van der Waals surface area contributed by atoms with E-state index in [0.29, 0.717) is 23.4 Å². The lowest BCUT2D eigenvalue weighted by molar-refractivity contribution is 0.0951. The fraction of sp³-hybridized carbons (Fsp3) is 0.389. The summed E-state index contributed by atoms with van der Waals surface area (Å²) in [7, 11) is 7.17. The summed E-state index contributed by atoms with van der Waals surface area (Å²) in [5.41, 5.74) is 1.48. The molecule has 2 N–H and O–H groups in total. The van der Waals surface area contributed by atoms with Gasteiger partial charge in [0.25, 0.3) is 11.8 Å². The van der Waals surface area contributed by atoms with Gasteiger partial charge in [0, 0.05) is 31.0 Å². The normalized spacial score (nSPS) is 10.7. The highest BCUT2D eigenvalue weighted by molar-refractivity contribution is 6.06. The molecule has 0 bridgehead atoms. The topological polar surface area (TPSA) is 88.5 Å². The molecule has 2 amide bonds. The maximum atomic E-state index is 12.3. The first-order valence-corrected chi connectivity index (χ1v) is 8.32. The monoisotopic (exact) mass is 359 g/mol. The molecule has 0 fully saturated rings. The molecule has 2 aromatic rings.